The molecular formula is C14H22ClN3. The van der Waals surface area contributed by atoms with Gasteiger partial charge in [-0.1, -0.05) is 27.7 Å². The Morgan fingerprint density at radius 2 is 2.17 bits per heavy atom. The van der Waals surface area contributed by atoms with Crippen molar-refractivity contribution in [1.29, 1.82) is 0 Å². The molecule has 1 saturated heterocycles. The van der Waals surface area contributed by atoms with E-state index in [9.17, 15) is 0 Å². The first-order chi connectivity index (χ1) is 8.43. The lowest BCUT2D eigenvalue weighted by Crippen LogP contribution is -2.24. The summed E-state index contributed by atoms with van der Waals surface area (Å²) in [7, 11) is 0. The maximum atomic E-state index is 6.04. The smallest absolute Gasteiger partial charge is 0.131 e. The van der Waals surface area contributed by atoms with Crippen LogP contribution in [0.4, 0.5) is 5.69 Å². The van der Waals surface area contributed by atoms with Crippen LogP contribution in [0.15, 0.2) is 6.20 Å². The average Bonchev–Trinajstić information content (AvgIpc) is 2.68. The lowest BCUT2D eigenvalue weighted by Gasteiger charge is -2.23. The summed E-state index contributed by atoms with van der Waals surface area (Å²) < 4.78 is 0. The molecule has 1 aromatic heterocycles. The molecule has 0 unspecified atom stereocenters. The van der Waals surface area contributed by atoms with Crippen molar-refractivity contribution in [1.82, 2.24) is 9.97 Å². The van der Waals surface area contributed by atoms with Crippen molar-refractivity contribution in [2.45, 2.75) is 45.9 Å². The minimum absolute atomic E-state index is 0.344. The molecule has 1 fully saturated rings. The molecule has 100 valence electrons. The lowest BCUT2D eigenvalue weighted by molar-refractivity contribution is 0.418. The second-order valence-corrected chi connectivity index (χ2v) is 6.45. The molecule has 1 aromatic rings. The number of rotatable bonds is 3. The van der Waals surface area contributed by atoms with E-state index in [1.165, 1.54) is 6.42 Å². The largest absolute Gasteiger partial charge is 0.368 e. The van der Waals surface area contributed by atoms with Crippen LogP contribution in [0.2, 0.25) is 0 Å². The van der Waals surface area contributed by atoms with Gasteiger partial charge in [0.15, 0.2) is 0 Å². The van der Waals surface area contributed by atoms with E-state index in [-0.39, 0.29) is 0 Å². The molecule has 0 aromatic carbocycles. The monoisotopic (exact) mass is 267 g/mol. The van der Waals surface area contributed by atoms with Crippen LogP contribution in [0.1, 0.15) is 51.6 Å². The zero-order chi connectivity index (χ0) is 13.3. The van der Waals surface area contributed by atoms with Crippen molar-refractivity contribution in [2.75, 3.05) is 18.0 Å². The summed E-state index contributed by atoms with van der Waals surface area (Å²) in [5.74, 6) is 1.68. The van der Waals surface area contributed by atoms with Crippen LogP contribution in [0.5, 0.6) is 0 Å². The lowest BCUT2D eigenvalue weighted by atomic mass is 9.93. The van der Waals surface area contributed by atoms with Gasteiger partial charge >= 0.3 is 0 Å². The van der Waals surface area contributed by atoms with Gasteiger partial charge in [0.05, 0.1) is 23.5 Å². The first-order valence-corrected chi connectivity index (χ1v) is 7.13. The van der Waals surface area contributed by atoms with Crippen LogP contribution >= 0.6 is 11.6 Å². The third kappa shape index (κ3) is 2.77. The van der Waals surface area contributed by atoms with Crippen molar-refractivity contribution in [3.8, 4) is 0 Å². The summed E-state index contributed by atoms with van der Waals surface area (Å²) in [4.78, 5) is 11.4. The topological polar surface area (TPSA) is 29.0 Å². The molecule has 2 heterocycles. The Hall–Kier alpha value is -0.830. The Morgan fingerprint density at radius 1 is 1.44 bits per heavy atom. The maximum absolute atomic E-state index is 6.04. The van der Waals surface area contributed by atoms with Gasteiger partial charge in [-0.05, 0) is 11.8 Å². The van der Waals surface area contributed by atoms with Gasteiger partial charge in [-0.25, -0.2) is 9.97 Å². The standard InChI is InChI=1S/C14H22ClN3/c1-10(2)13-16-8-12(11(7-15)17-13)18-6-5-14(3,4)9-18/h8,10H,5-7,9H2,1-4H3. The van der Waals surface area contributed by atoms with Crippen LogP contribution in [-0.2, 0) is 5.88 Å². The molecule has 0 N–H and O–H groups in total. The summed E-state index contributed by atoms with van der Waals surface area (Å²) in [6, 6.07) is 0. The fraction of sp³-hybridized carbons (Fsp3) is 0.714. The second-order valence-electron chi connectivity index (χ2n) is 6.18. The van der Waals surface area contributed by atoms with E-state index in [0.717, 1.165) is 30.3 Å². The zero-order valence-corrected chi connectivity index (χ0v) is 12.5. The number of anilines is 1. The highest BCUT2D eigenvalue weighted by molar-refractivity contribution is 6.17. The fourth-order valence-corrected chi connectivity index (χ4v) is 2.58. The van der Waals surface area contributed by atoms with E-state index < -0.39 is 0 Å². The van der Waals surface area contributed by atoms with Crippen LogP contribution in [0.3, 0.4) is 0 Å². The van der Waals surface area contributed by atoms with Crippen LogP contribution in [-0.4, -0.2) is 23.1 Å². The van der Waals surface area contributed by atoms with Gasteiger partial charge in [0.25, 0.3) is 0 Å². The molecule has 0 spiro atoms. The molecule has 0 atom stereocenters. The molecule has 0 bridgehead atoms. The first-order valence-electron chi connectivity index (χ1n) is 6.60. The Balaban J connectivity index is 2.28. The quantitative estimate of drug-likeness (QED) is 0.784. The highest BCUT2D eigenvalue weighted by Gasteiger charge is 2.30. The number of halogens is 1. The van der Waals surface area contributed by atoms with Gasteiger partial charge < -0.3 is 4.90 Å². The molecule has 0 aliphatic carbocycles. The summed E-state index contributed by atoms with van der Waals surface area (Å²) in [6.45, 7) is 10.9. The Kier molecular flexibility index (Phi) is 3.81. The van der Waals surface area contributed by atoms with Crippen molar-refractivity contribution in [3.63, 3.8) is 0 Å². The third-order valence-electron chi connectivity index (χ3n) is 3.53. The van der Waals surface area contributed by atoms with E-state index in [2.05, 4.69) is 42.6 Å². The van der Waals surface area contributed by atoms with Gasteiger partial charge in [-0.2, -0.15) is 0 Å². The van der Waals surface area contributed by atoms with Gasteiger partial charge in [-0.15, -0.1) is 11.6 Å². The van der Waals surface area contributed by atoms with Gasteiger partial charge in [0.2, 0.25) is 0 Å². The van der Waals surface area contributed by atoms with E-state index in [1.807, 2.05) is 6.20 Å². The summed E-state index contributed by atoms with van der Waals surface area (Å²) in [5, 5.41) is 0. The van der Waals surface area contributed by atoms with E-state index >= 15 is 0 Å². The highest BCUT2D eigenvalue weighted by atomic mass is 35.5. The molecule has 0 radical (unpaired) electrons. The van der Waals surface area contributed by atoms with Crippen molar-refractivity contribution in [3.05, 3.63) is 17.7 Å². The van der Waals surface area contributed by atoms with Crippen LogP contribution in [0.25, 0.3) is 0 Å². The third-order valence-corrected chi connectivity index (χ3v) is 3.78. The molecular weight excluding hydrogens is 246 g/mol. The SMILES string of the molecule is CC(C)c1ncc(N2CCC(C)(C)C2)c(CCl)n1. The van der Waals surface area contributed by atoms with Gasteiger partial charge in [0, 0.05) is 19.0 Å². The maximum Gasteiger partial charge on any atom is 0.131 e. The first kappa shape index (κ1) is 13.6. The number of hydrogen-bond donors (Lipinski definition) is 0. The average molecular weight is 268 g/mol. The molecule has 1 aliphatic heterocycles. The molecule has 0 saturated carbocycles. The van der Waals surface area contributed by atoms with Crippen molar-refractivity contribution in [2.24, 2.45) is 5.41 Å². The van der Waals surface area contributed by atoms with Crippen molar-refractivity contribution < 1.29 is 0 Å². The molecule has 4 heteroatoms. The summed E-state index contributed by atoms with van der Waals surface area (Å²) in [5.41, 5.74) is 2.45. The molecule has 0 amide bonds. The van der Waals surface area contributed by atoms with E-state index in [4.69, 9.17) is 11.6 Å². The Morgan fingerprint density at radius 3 is 2.67 bits per heavy atom. The molecule has 1 aliphatic rings. The Bertz CT molecular complexity index is 429. The number of hydrogen-bond acceptors (Lipinski definition) is 3. The number of aromatic nitrogens is 2. The van der Waals surface area contributed by atoms with Crippen molar-refractivity contribution >= 4 is 17.3 Å². The van der Waals surface area contributed by atoms with E-state index in [1.54, 1.807) is 0 Å². The summed E-state index contributed by atoms with van der Waals surface area (Å²) >= 11 is 6.04. The van der Waals surface area contributed by atoms with Crippen LogP contribution in [0, 0.1) is 5.41 Å². The normalized spacial score (nSPS) is 18.7. The molecule has 2 rings (SSSR count). The van der Waals surface area contributed by atoms with Gasteiger partial charge in [0.1, 0.15) is 5.82 Å². The molecule has 3 nitrogen and oxygen atoms in total. The fourth-order valence-electron chi connectivity index (χ4n) is 2.38. The van der Waals surface area contributed by atoms with E-state index in [0.29, 0.717) is 17.2 Å². The predicted molar refractivity (Wildman–Crippen MR) is 76.3 cm³/mol. The minimum Gasteiger partial charge on any atom is -0.368 e. The highest BCUT2D eigenvalue weighted by Crippen LogP contribution is 2.34. The Labute approximate surface area is 115 Å². The minimum atomic E-state index is 0.344. The zero-order valence-electron chi connectivity index (χ0n) is 11.7. The summed E-state index contributed by atoms with van der Waals surface area (Å²) in [6.07, 6.45) is 3.15. The molecule has 18 heavy (non-hydrogen) atoms. The second kappa shape index (κ2) is 5.04. The number of nitrogens with zero attached hydrogens (tertiary/aromatic N) is 3. The predicted octanol–water partition coefficient (Wildman–Crippen LogP) is 3.58. The van der Waals surface area contributed by atoms with Crippen LogP contribution < -0.4 is 4.90 Å². The number of alkyl halides is 1. The van der Waals surface area contributed by atoms with Gasteiger partial charge in [-0.3, -0.25) is 0 Å².